The molecule has 1 amide bonds. The number of ether oxygens (including phenoxy) is 1. The Kier molecular flexibility index (Phi) is 6.85. The van der Waals surface area contributed by atoms with Crippen LogP contribution in [0.1, 0.15) is 31.0 Å². The molecule has 0 aliphatic carbocycles. The Hall–Kier alpha value is -2.54. The number of rotatable bonds is 8. The van der Waals surface area contributed by atoms with Crippen molar-refractivity contribution in [3.8, 4) is 5.75 Å². The number of carbonyl (C=O) groups is 1. The number of hydrogen-bond acceptors (Lipinski definition) is 4. The fourth-order valence-corrected chi connectivity index (χ4v) is 3.56. The molecule has 6 nitrogen and oxygen atoms in total. The van der Waals surface area contributed by atoms with Crippen LogP contribution in [0.2, 0.25) is 0 Å². The number of amides is 1. The van der Waals surface area contributed by atoms with Gasteiger partial charge in [0, 0.05) is 6.07 Å². The molecule has 1 atom stereocenters. The first-order valence-corrected chi connectivity index (χ1v) is 10.6. The number of hydrogen-bond donors (Lipinski definition) is 1. The molecular formula is C20H26N2O4S. The van der Waals surface area contributed by atoms with Gasteiger partial charge in [-0.05, 0) is 36.6 Å². The summed E-state index contributed by atoms with van der Waals surface area (Å²) in [6.07, 6.45) is 2.03. The summed E-state index contributed by atoms with van der Waals surface area (Å²) in [7, 11) is -2.13. The average molecular weight is 391 g/mol. The smallest absolute Gasteiger partial charge is 0.241 e. The molecule has 2 aromatic rings. The SMILES string of the molecule is CCc1ccc([C@@H](C)NC(=O)CN(c2cccc(OC)c2)S(C)(=O)=O)cc1. The molecule has 0 heterocycles. The van der Waals surface area contributed by atoms with Gasteiger partial charge in [0.2, 0.25) is 15.9 Å². The minimum Gasteiger partial charge on any atom is -0.497 e. The third-order valence-corrected chi connectivity index (χ3v) is 5.43. The molecule has 7 heteroatoms. The van der Waals surface area contributed by atoms with Crippen LogP contribution in [0.25, 0.3) is 0 Å². The molecule has 146 valence electrons. The lowest BCUT2D eigenvalue weighted by molar-refractivity contribution is -0.120. The van der Waals surface area contributed by atoms with Crippen LogP contribution in [0.3, 0.4) is 0 Å². The van der Waals surface area contributed by atoms with Gasteiger partial charge in [-0.15, -0.1) is 0 Å². The highest BCUT2D eigenvalue weighted by atomic mass is 32.2. The molecule has 1 N–H and O–H groups in total. The van der Waals surface area contributed by atoms with Crippen molar-refractivity contribution in [3.05, 3.63) is 59.7 Å². The fourth-order valence-electron chi connectivity index (χ4n) is 2.71. The first-order valence-electron chi connectivity index (χ1n) is 8.74. The van der Waals surface area contributed by atoms with Crippen molar-refractivity contribution >= 4 is 21.6 Å². The van der Waals surface area contributed by atoms with Crippen LogP contribution < -0.4 is 14.4 Å². The van der Waals surface area contributed by atoms with Gasteiger partial charge in [-0.1, -0.05) is 37.3 Å². The monoisotopic (exact) mass is 390 g/mol. The summed E-state index contributed by atoms with van der Waals surface area (Å²) in [4.78, 5) is 12.5. The summed E-state index contributed by atoms with van der Waals surface area (Å²) in [5.74, 6) is 0.140. The van der Waals surface area contributed by atoms with Gasteiger partial charge in [-0.3, -0.25) is 9.10 Å². The van der Waals surface area contributed by atoms with Crippen LogP contribution >= 0.6 is 0 Å². The Morgan fingerprint density at radius 1 is 1.19 bits per heavy atom. The maximum Gasteiger partial charge on any atom is 0.241 e. The molecule has 0 fully saturated rings. The maximum absolute atomic E-state index is 12.5. The predicted molar refractivity (Wildman–Crippen MR) is 108 cm³/mol. The second-order valence-electron chi connectivity index (χ2n) is 6.36. The Labute approximate surface area is 161 Å². The zero-order valence-electron chi connectivity index (χ0n) is 16.1. The van der Waals surface area contributed by atoms with Crippen molar-refractivity contribution in [2.24, 2.45) is 0 Å². The van der Waals surface area contributed by atoms with Gasteiger partial charge in [-0.25, -0.2) is 8.42 Å². The minimum absolute atomic E-state index is 0.227. The zero-order valence-corrected chi connectivity index (χ0v) is 16.9. The summed E-state index contributed by atoms with van der Waals surface area (Å²) in [6.45, 7) is 3.65. The average Bonchev–Trinajstić information content (AvgIpc) is 2.65. The van der Waals surface area contributed by atoms with Crippen LogP contribution in [0, 0.1) is 0 Å². The lowest BCUT2D eigenvalue weighted by Gasteiger charge is -2.23. The number of aryl methyl sites for hydroxylation is 1. The summed E-state index contributed by atoms with van der Waals surface area (Å²) >= 11 is 0. The molecule has 27 heavy (non-hydrogen) atoms. The van der Waals surface area contributed by atoms with Gasteiger partial charge in [0.1, 0.15) is 12.3 Å². The molecule has 2 rings (SSSR count). The zero-order chi connectivity index (χ0) is 20.0. The van der Waals surface area contributed by atoms with E-state index in [1.54, 1.807) is 24.3 Å². The minimum atomic E-state index is -3.63. The summed E-state index contributed by atoms with van der Waals surface area (Å²) in [6, 6.07) is 14.4. The highest BCUT2D eigenvalue weighted by Crippen LogP contribution is 2.23. The topological polar surface area (TPSA) is 75.7 Å². The second-order valence-corrected chi connectivity index (χ2v) is 8.26. The van der Waals surface area contributed by atoms with Crippen LogP contribution in [0.4, 0.5) is 5.69 Å². The lowest BCUT2D eigenvalue weighted by Crippen LogP contribution is -2.41. The van der Waals surface area contributed by atoms with E-state index in [1.165, 1.54) is 12.7 Å². The molecule has 0 aliphatic heterocycles. The maximum atomic E-state index is 12.5. The van der Waals surface area contributed by atoms with Crippen LogP contribution in [0.15, 0.2) is 48.5 Å². The van der Waals surface area contributed by atoms with E-state index < -0.39 is 10.0 Å². The van der Waals surface area contributed by atoms with Gasteiger partial charge in [-0.2, -0.15) is 0 Å². The van der Waals surface area contributed by atoms with E-state index >= 15 is 0 Å². The number of nitrogens with zero attached hydrogens (tertiary/aromatic N) is 1. The molecule has 0 saturated carbocycles. The van der Waals surface area contributed by atoms with E-state index in [1.807, 2.05) is 31.2 Å². The first-order chi connectivity index (χ1) is 12.7. The number of sulfonamides is 1. The van der Waals surface area contributed by atoms with Gasteiger partial charge in [0.05, 0.1) is 25.1 Å². The molecule has 0 saturated heterocycles. The van der Waals surface area contributed by atoms with Gasteiger partial charge in [0.25, 0.3) is 0 Å². The highest BCUT2D eigenvalue weighted by molar-refractivity contribution is 7.92. The molecule has 2 aromatic carbocycles. The van der Waals surface area contributed by atoms with E-state index in [4.69, 9.17) is 4.74 Å². The summed E-state index contributed by atoms with van der Waals surface area (Å²) < 4.78 is 30.6. The number of anilines is 1. The first kappa shape index (κ1) is 20.8. The standard InChI is InChI=1S/C20H26N2O4S/c1-5-16-9-11-17(12-10-16)15(2)21-20(23)14-22(27(4,24)25)18-7-6-8-19(13-18)26-3/h6-13,15H,5,14H2,1-4H3,(H,21,23)/t15-/m1/s1. The molecule has 0 bridgehead atoms. The fraction of sp³-hybridized carbons (Fsp3) is 0.350. The van der Waals surface area contributed by atoms with Crippen molar-refractivity contribution < 1.29 is 17.9 Å². The molecule has 0 aliphatic rings. The van der Waals surface area contributed by atoms with E-state index in [2.05, 4.69) is 12.2 Å². The Morgan fingerprint density at radius 2 is 1.85 bits per heavy atom. The van der Waals surface area contributed by atoms with Crippen molar-refractivity contribution in [1.29, 1.82) is 0 Å². The van der Waals surface area contributed by atoms with E-state index in [9.17, 15) is 13.2 Å². The lowest BCUT2D eigenvalue weighted by atomic mass is 10.1. The molecule has 0 aromatic heterocycles. The van der Waals surface area contributed by atoms with Crippen molar-refractivity contribution in [2.45, 2.75) is 26.3 Å². The van der Waals surface area contributed by atoms with Gasteiger partial charge < -0.3 is 10.1 Å². The van der Waals surface area contributed by atoms with Gasteiger partial charge in [0.15, 0.2) is 0 Å². The predicted octanol–water partition coefficient (Wildman–Crippen LogP) is 2.90. The number of carbonyl (C=O) groups excluding carboxylic acids is 1. The number of methoxy groups -OCH3 is 1. The Balaban J connectivity index is 2.13. The van der Waals surface area contributed by atoms with E-state index in [0.29, 0.717) is 11.4 Å². The van der Waals surface area contributed by atoms with Crippen LogP contribution in [-0.2, 0) is 21.2 Å². The third kappa shape index (κ3) is 5.72. The second kappa shape index (κ2) is 8.90. The molecule has 0 radical (unpaired) electrons. The van der Waals surface area contributed by atoms with Crippen molar-refractivity contribution in [1.82, 2.24) is 5.32 Å². The third-order valence-electron chi connectivity index (χ3n) is 4.29. The Morgan fingerprint density at radius 3 is 2.41 bits per heavy atom. The Bertz CT molecular complexity index is 879. The van der Waals surface area contributed by atoms with Crippen molar-refractivity contribution in [3.63, 3.8) is 0 Å². The quantitative estimate of drug-likeness (QED) is 0.752. The number of benzene rings is 2. The van der Waals surface area contributed by atoms with E-state index in [0.717, 1.165) is 22.5 Å². The molecule has 0 spiro atoms. The normalized spacial score (nSPS) is 12.3. The molecular weight excluding hydrogens is 364 g/mol. The van der Waals surface area contributed by atoms with E-state index in [-0.39, 0.29) is 18.5 Å². The van der Waals surface area contributed by atoms with Crippen molar-refractivity contribution in [2.75, 3.05) is 24.2 Å². The van der Waals surface area contributed by atoms with Gasteiger partial charge >= 0.3 is 0 Å². The highest BCUT2D eigenvalue weighted by Gasteiger charge is 2.22. The van der Waals surface area contributed by atoms with Crippen LogP contribution in [-0.4, -0.2) is 34.2 Å². The molecule has 0 unspecified atom stereocenters. The number of nitrogens with one attached hydrogen (secondary N) is 1. The largest absolute Gasteiger partial charge is 0.497 e. The summed E-state index contributed by atoms with van der Waals surface area (Å²) in [5, 5.41) is 2.86. The summed E-state index contributed by atoms with van der Waals surface area (Å²) in [5.41, 5.74) is 2.57. The van der Waals surface area contributed by atoms with Crippen LogP contribution in [0.5, 0.6) is 5.75 Å².